The summed E-state index contributed by atoms with van der Waals surface area (Å²) in [5, 5.41) is 11.9. The number of nitrogens with zero attached hydrogens (tertiary/aromatic N) is 2. The minimum absolute atomic E-state index is 0.0607. The maximum atomic E-state index is 12.0. The summed E-state index contributed by atoms with van der Waals surface area (Å²) in [7, 11) is -3.66. The number of hydrogen-bond donors (Lipinski definition) is 2. The average Bonchev–Trinajstić information content (AvgIpc) is 2.81. The van der Waals surface area contributed by atoms with Crippen LogP contribution in [0.5, 0.6) is 0 Å². The molecule has 0 bridgehead atoms. The lowest BCUT2D eigenvalue weighted by Gasteiger charge is -2.12. The van der Waals surface area contributed by atoms with Gasteiger partial charge in [-0.1, -0.05) is 0 Å². The van der Waals surface area contributed by atoms with Gasteiger partial charge in [0.1, 0.15) is 11.0 Å². The summed E-state index contributed by atoms with van der Waals surface area (Å²) in [5.74, 6) is 0. The van der Waals surface area contributed by atoms with Gasteiger partial charge in [-0.15, -0.1) is 0 Å². The molecule has 2 N–H and O–H groups in total. The van der Waals surface area contributed by atoms with Gasteiger partial charge in [-0.05, 0) is 25.1 Å². The van der Waals surface area contributed by atoms with Crippen LogP contribution in [0.1, 0.15) is 12.1 Å². The maximum absolute atomic E-state index is 12.0. The van der Waals surface area contributed by atoms with E-state index in [0.717, 1.165) is 13.0 Å². The van der Waals surface area contributed by atoms with Crippen LogP contribution in [0.15, 0.2) is 23.2 Å². The molecule has 1 saturated heterocycles. The van der Waals surface area contributed by atoms with E-state index in [1.165, 1.54) is 18.3 Å². The maximum Gasteiger partial charge on any atom is 0.243 e. The van der Waals surface area contributed by atoms with Crippen LogP contribution in [-0.4, -0.2) is 32.5 Å². The summed E-state index contributed by atoms with van der Waals surface area (Å²) in [6.45, 7) is 1.41. The van der Waals surface area contributed by atoms with E-state index in [0.29, 0.717) is 6.54 Å². The first-order chi connectivity index (χ1) is 8.13. The monoisotopic (exact) mass is 252 g/mol. The van der Waals surface area contributed by atoms with E-state index in [1.54, 1.807) is 6.07 Å². The molecule has 1 aliphatic rings. The molecule has 0 spiro atoms. The Labute approximate surface area is 99.7 Å². The van der Waals surface area contributed by atoms with Crippen LogP contribution in [0, 0.1) is 11.3 Å². The molecule has 0 unspecified atom stereocenters. The molecule has 0 radical (unpaired) electrons. The number of aromatic nitrogens is 1. The van der Waals surface area contributed by atoms with E-state index in [9.17, 15) is 8.42 Å². The highest BCUT2D eigenvalue weighted by Gasteiger charge is 2.25. The van der Waals surface area contributed by atoms with Crippen LogP contribution < -0.4 is 10.0 Å². The van der Waals surface area contributed by atoms with Crippen LogP contribution in [0.4, 0.5) is 0 Å². The summed E-state index contributed by atoms with van der Waals surface area (Å²) in [5.41, 5.74) is -0.0778. The third-order valence-electron chi connectivity index (χ3n) is 2.55. The highest BCUT2D eigenvalue weighted by molar-refractivity contribution is 7.89. The normalized spacial score (nSPS) is 20.1. The van der Waals surface area contributed by atoms with Crippen LogP contribution in [0.3, 0.4) is 0 Å². The van der Waals surface area contributed by atoms with Gasteiger partial charge < -0.3 is 5.32 Å². The van der Waals surface area contributed by atoms with Gasteiger partial charge in [-0.2, -0.15) is 5.26 Å². The fourth-order valence-corrected chi connectivity index (χ4v) is 3.11. The molecule has 1 atom stereocenters. The van der Waals surface area contributed by atoms with Gasteiger partial charge in [-0.3, -0.25) is 0 Å². The Bertz CT molecular complexity index is 544. The van der Waals surface area contributed by atoms with Crippen molar-refractivity contribution >= 4 is 10.0 Å². The first-order valence-electron chi connectivity index (χ1n) is 5.21. The van der Waals surface area contributed by atoms with Gasteiger partial charge in [0.25, 0.3) is 0 Å². The Hall–Kier alpha value is -1.49. The molecule has 7 heteroatoms. The lowest BCUT2D eigenvalue weighted by atomic mass is 10.3. The summed E-state index contributed by atoms with van der Waals surface area (Å²) in [4.78, 5) is 3.68. The summed E-state index contributed by atoms with van der Waals surface area (Å²) < 4.78 is 26.6. The fourth-order valence-electron chi connectivity index (χ4n) is 1.73. The molecule has 6 nitrogen and oxygen atoms in total. The Morgan fingerprint density at radius 3 is 3.06 bits per heavy atom. The Balaban J connectivity index is 2.28. The third kappa shape index (κ3) is 2.61. The fraction of sp³-hybridized carbons (Fsp3) is 0.400. The van der Waals surface area contributed by atoms with Crippen molar-refractivity contribution in [1.82, 2.24) is 15.0 Å². The second kappa shape index (κ2) is 4.79. The van der Waals surface area contributed by atoms with Crippen molar-refractivity contribution < 1.29 is 8.42 Å². The summed E-state index contributed by atoms with van der Waals surface area (Å²) in [6.07, 6.45) is 2.15. The van der Waals surface area contributed by atoms with Gasteiger partial charge in [0.2, 0.25) is 10.0 Å². The van der Waals surface area contributed by atoms with Gasteiger partial charge in [-0.25, -0.2) is 18.1 Å². The highest BCUT2D eigenvalue weighted by atomic mass is 32.2. The van der Waals surface area contributed by atoms with Crippen molar-refractivity contribution in [3.8, 4) is 6.07 Å². The molecule has 0 aromatic carbocycles. The largest absolute Gasteiger partial charge is 0.315 e. The van der Waals surface area contributed by atoms with E-state index < -0.39 is 10.0 Å². The summed E-state index contributed by atoms with van der Waals surface area (Å²) >= 11 is 0. The zero-order chi connectivity index (χ0) is 12.3. The van der Waals surface area contributed by atoms with Crippen LogP contribution in [0.2, 0.25) is 0 Å². The molecule has 0 saturated carbocycles. The van der Waals surface area contributed by atoms with Crippen molar-refractivity contribution in [3.63, 3.8) is 0 Å². The van der Waals surface area contributed by atoms with Gasteiger partial charge in [0.15, 0.2) is 5.69 Å². The van der Waals surface area contributed by atoms with Crippen LogP contribution >= 0.6 is 0 Å². The number of rotatable bonds is 3. The topological polar surface area (TPSA) is 94.9 Å². The zero-order valence-corrected chi connectivity index (χ0v) is 9.87. The van der Waals surface area contributed by atoms with Crippen molar-refractivity contribution in [1.29, 1.82) is 5.26 Å². The summed E-state index contributed by atoms with van der Waals surface area (Å²) in [6, 6.07) is 4.55. The molecule has 0 amide bonds. The minimum atomic E-state index is -3.66. The van der Waals surface area contributed by atoms with Crippen LogP contribution in [0.25, 0.3) is 0 Å². The van der Waals surface area contributed by atoms with Crippen LogP contribution in [-0.2, 0) is 10.0 Å². The molecule has 1 aliphatic heterocycles. The molecular weight excluding hydrogens is 240 g/mol. The second-order valence-corrected chi connectivity index (χ2v) is 5.46. The number of hydrogen-bond acceptors (Lipinski definition) is 5. The van der Waals surface area contributed by atoms with Crippen molar-refractivity contribution in [2.24, 2.45) is 0 Å². The first kappa shape index (κ1) is 12.0. The smallest absolute Gasteiger partial charge is 0.243 e. The lowest BCUT2D eigenvalue weighted by Crippen LogP contribution is -2.36. The van der Waals surface area contributed by atoms with Crippen molar-refractivity contribution in [2.45, 2.75) is 17.4 Å². The molecule has 2 rings (SSSR count). The molecule has 90 valence electrons. The molecule has 1 aromatic heterocycles. The Morgan fingerprint density at radius 2 is 2.41 bits per heavy atom. The van der Waals surface area contributed by atoms with Gasteiger partial charge in [0.05, 0.1) is 0 Å². The first-order valence-corrected chi connectivity index (χ1v) is 6.70. The standard InChI is InChI=1S/C10H12N4O2S/c11-6-9-10(2-1-4-13-9)17(15,16)14-8-3-5-12-7-8/h1-2,4,8,12,14H,3,5,7H2/t8-/m0/s1. The van der Waals surface area contributed by atoms with Gasteiger partial charge >= 0.3 is 0 Å². The molecule has 17 heavy (non-hydrogen) atoms. The molecule has 2 heterocycles. The van der Waals surface area contributed by atoms with Crippen molar-refractivity contribution in [2.75, 3.05) is 13.1 Å². The average molecular weight is 252 g/mol. The molecule has 1 fully saturated rings. The zero-order valence-electron chi connectivity index (χ0n) is 9.05. The van der Waals surface area contributed by atoms with E-state index >= 15 is 0 Å². The van der Waals surface area contributed by atoms with E-state index in [1.807, 2.05) is 0 Å². The predicted octanol–water partition coefficient (Wildman–Crippen LogP) is -0.407. The SMILES string of the molecule is N#Cc1ncccc1S(=O)(=O)N[C@H]1CCNC1. The molecular formula is C10H12N4O2S. The second-order valence-electron chi connectivity index (χ2n) is 3.77. The third-order valence-corrected chi connectivity index (χ3v) is 4.10. The van der Waals surface area contributed by atoms with E-state index in [2.05, 4.69) is 15.0 Å². The van der Waals surface area contributed by atoms with Crippen molar-refractivity contribution in [3.05, 3.63) is 24.0 Å². The highest BCUT2D eigenvalue weighted by Crippen LogP contribution is 2.13. The molecule has 0 aliphatic carbocycles. The number of pyridine rings is 1. The predicted molar refractivity (Wildman–Crippen MR) is 60.5 cm³/mol. The Morgan fingerprint density at radius 1 is 1.59 bits per heavy atom. The van der Waals surface area contributed by atoms with E-state index in [4.69, 9.17) is 5.26 Å². The van der Waals surface area contributed by atoms with E-state index in [-0.39, 0.29) is 16.6 Å². The number of nitriles is 1. The number of sulfonamides is 1. The minimum Gasteiger partial charge on any atom is -0.315 e. The number of nitrogens with one attached hydrogen (secondary N) is 2. The Kier molecular flexibility index (Phi) is 3.38. The molecule has 1 aromatic rings. The van der Waals surface area contributed by atoms with Gasteiger partial charge in [0, 0.05) is 18.8 Å². The quantitative estimate of drug-likeness (QED) is 0.762. The lowest BCUT2D eigenvalue weighted by molar-refractivity contribution is 0.559.